The molecule has 1 aromatic rings. The molecule has 2 rings (SSSR count). The van der Waals surface area contributed by atoms with Crippen LogP contribution in [0.5, 0.6) is 0 Å². The molecular formula is C14H16BrF2N3OS. The molecule has 120 valence electrons. The minimum absolute atomic E-state index is 0.0294. The van der Waals surface area contributed by atoms with Gasteiger partial charge in [-0.05, 0) is 29.9 Å². The van der Waals surface area contributed by atoms with Gasteiger partial charge in [0.25, 0.3) is 0 Å². The number of hydrogen-bond acceptors (Lipinski definition) is 2. The zero-order valence-corrected chi connectivity index (χ0v) is 14.3. The number of halogens is 3. The Morgan fingerprint density at radius 3 is 2.59 bits per heavy atom. The van der Waals surface area contributed by atoms with E-state index >= 15 is 0 Å². The molecule has 1 aromatic carbocycles. The lowest BCUT2D eigenvalue weighted by Crippen LogP contribution is -2.54. The van der Waals surface area contributed by atoms with Gasteiger partial charge in [0.05, 0.1) is 0 Å². The summed E-state index contributed by atoms with van der Waals surface area (Å²) >= 11 is 8.18. The summed E-state index contributed by atoms with van der Waals surface area (Å²) in [5.41, 5.74) is 4.82. The Morgan fingerprint density at radius 1 is 1.36 bits per heavy atom. The summed E-state index contributed by atoms with van der Waals surface area (Å²) in [6, 6.07) is 7.16. The summed E-state index contributed by atoms with van der Waals surface area (Å²) in [5, 5.41) is 2.90. The first kappa shape index (κ1) is 17.1. The van der Waals surface area contributed by atoms with Crippen molar-refractivity contribution < 1.29 is 13.6 Å². The van der Waals surface area contributed by atoms with Crippen molar-refractivity contribution in [2.45, 2.75) is 30.6 Å². The van der Waals surface area contributed by atoms with Crippen molar-refractivity contribution in [3.05, 3.63) is 34.3 Å². The van der Waals surface area contributed by atoms with Crippen molar-refractivity contribution in [2.24, 2.45) is 0 Å². The maximum atomic E-state index is 13.4. The topological polar surface area (TPSA) is 53.2 Å². The molecule has 22 heavy (non-hydrogen) atoms. The number of thiocarbonyl (C=S) groups is 1. The summed E-state index contributed by atoms with van der Waals surface area (Å²) in [5.74, 6) is -3.11. The number of nitrogens with one attached hydrogen (secondary N) is 3. The lowest BCUT2D eigenvalue weighted by atomic mass is 9.60. The van der Waals surface area contributed by atoms with Gasteiger partial charge in [-0.2, -0.15) is 0 Å². The first-order chi connectivity index (χ1) is 10.3. The SMILES string of the molecule is CNC(=S)NNC(=O)CC1(c2cccc(Br)c2)CC(F)(F)C1. The van der Waals surface area contributed by atoms with Crippen LogP contribution in [0.4, 0.5) is 8.78 Å². The van der Waals surface area contributed by atoms with Gasteiger partial charge in [-0.3, -0.25) is 15.6 Å². The second-order valence-electron chi connectivity index (χ2n) is 5.43. The molecule has 3 N–H and O–H groups in total. The molecule has 0 aromatic heterocycles. The molecule has 0 unspecified atom stereocenters. The van der Waals surface area contributed by atoms with E-state index in [0.29, 0.717) is 0 Å². The van der Waals surface area contributed by atoms with Gasteiger partial charge in [0.1, 0.15) is 0 Å². The lowest BCUT2D eigenvalue weighted by Gasteiger charge is -2.47. The van der Waals surface area contributed by atoms with E-state index in [0.717, 1.165) is 10.0 Å². The normalized spacial score (nSPS) is 18.0. The van der Waals surface area contributed by atoms with E-state index in [4.69, 9.17) is 12.2 Å². The van der Waals surface area contributed by atoms with E-state index in [1.165, 1.54) is 0 Å². The standard InChI is InChI=1S/C14H16BrF2N3OS/c1-18-12(22)20-19-11(21)6-13(7-14(16,17)8-13)9-3-2-4-10(15)5-9/h2-5H,6-8H2,1H3,(H,19,21)(H2,18,20,22). The third kappa shape index (κ3) is 3.92. The minimum Gasteiger partial charge on any atom is -0.364 e. The fourth-order valence-corrected chi connectivity index (χ4v) is 3.18. The maximum absolute atomic E-state index is 13.4. The number of amides is 1. The van der Waals surface area contributed by atoms with E-state index in [2.05, 4.69) is 32.1 Å². The molecular weight excluding hydrogens is 376 g/mol. The molecule has 1 amide bonds. The molecule has 4 nitrogen and oxygen atoms in total. The second-order valence-corrected chi connectivity index (χ2v) is 6.75. The van der Waals surface area contributed by atoms with Gasteiger partial charge in [0.15, 0.2) is 5.11 Å². The second kappa shape index (κ2) is 6.45. The van der Waals surface area contributed by atoms with Gasteiger partial charge in [0, 0.05) is 36.2 Å². The molecule has 8 heteroatoms. The quantitative estimate of drug-likeness (QED) is 0.547. The van der Waals surface area contributed by atoms with Gasteiger partial charge >= 0.3 is 0 Å². The van der Waals surface area contributed by atoms with E-state index in [1.54, 1.807) is 25.2 Å². The average molecular weight is 392 g/mol. The highest BCUT2D eigenvalue weighted by Gasteiger charge is 2.57. The predicted molar refractivity (Wildman–Crippen MR) is 87.6 cm³/mol. The van der Waals surface area contributed by atoms with Crippen molar-refractivity contribution >= 4 is 39.2 Å². The lowest BCUT2D eigenvalue weighted by molar-refractivity contribution is -0.142. The molecule has 0 bridgehead atoms. The molecule has 0 heterocycles. The molecule has 1 fully saturated rings. The van der Waals surface area contributed by atoms with Gasteiger partial charge in [0.2, 0.25) is 11.8 Å². The number of carbonyl (C=O) groups excluding carboxylic acids is 1. The Hall–Kier alpha value is -1.28. The smallest absolute Gasteiger partial charge is 0.249 e. The number of hydrazine groups is 1. The van der Waals surface area contributed by atoms with Crippen molar-refractivity contribution in [3.63, 3.8) is 0 Å². The van der Waals surface area contributed by atoms with Gasteiger partial charge in [-0.1, -0.05) is 28.1 Å². The molecule has 0 saturated heterocycles. The third-order valence-electron chi connectivity index (χ3n) is 3.67. The van der Waals surface area contributed by atoms with Crippen LogP contribution in [0.2, 0.25) is 0 Å². The number of hydrogen-bond donors (Lipinski definition) is 3. The molecule has 0 atom stereocenters. The largest absolute Gasteiger partial charge is 0.364 e. The van der Waals surface area contributed by atoms with Gasteiger partial charge in [-0.25, -0.2) is 8.78 Å². The number of benzene rings is 1. The summed E-state index contributed by atoms with van der Waals surface area (Å²) < 4.78 is 27.7. The molecule has 1 saturated carbocycles. The van der Waals surface area contributed by atoms with Crippen molar-refractivity contribution in [1.82, 2.24) is 16.2 Å². The average Bonchev–Trinajstić information content (AvgIpc) is 2.42. The van der Waals surface area contributed by atoms with Crippen LogP contribution in [0.3, 0.4) is 0 Å². The van der Waals surface area contributed by atoms with Crippen molar-refractivity contribution in [2.75, 3.05) is 7.05 Å². The number of rotatable bonds is 3. The molecule has 1 aliphatic rings. The first-order valence-electron chi connectivity index (χ1n) is 6.67. The Morgan fingerprint density at radius 2 is 2.05 bits per heavy atom. The van der Waals surface area contributed by atoms with E-state index in [9.17, 15) is 13.6 Å². The highest BCUT2D eigenvalue weighted by molar-refractivity contribution is 9.10. The Bertz CT molecular complexity index is 589. The monoisotopic (exact) mass is 391 g/mol. The fourth-order valence-electron chi connectivity index (χ4n) is 2.73. The summed E-state index contributed by atoms with van der Waals surface area (Å²) in [4.78, 5) is 12.0. The summed E-state index contributed by atoms with van der Waals surface area (Å²) in [7, 11) is 1.61. The zero-order valence-electron chi connectivity index (χ0n) is 11.9. The van der Waals surface area contributed by atoms with Crippen LogP contribution in [0.25, 0.3) is 0 Å². The minimum atomic E-state index is -2.73. The van der Waals surface area contributed by atoms with Crippen molar-refractivity contribution in [1.29, 1.82) is 0 Å². The van der Waals surface area contributed by atoms with Crippen LogP contribution < -0.4 is 16.2 Å². The van der Waals surface area contributed by atoms with Crippen LogP contribution in [-0.4, -0.2) is 24.0 Å². The van der Waals surface area contributed by atoms with Crippen LogP contribution in [0.15, 0.2) is 28.7 Å². The van der Waals surface area contributed by atoms with E-state index in [-0.39, 0.29) is 30.3 Å². The maximum Gasteiger partial charge on any atom is 0.249 e. The fraction of sp³-hybridized carbons (Fsp3) is 0.429. The molecule has 0 spiro atoms. The van der Waals surface area contributed by atoms with Crippen LogP contribution in [0, 0.1) is 0 Å². The van der Waals surface area contributed by atoms with Crippen LogP contribution in [0.1, 0.15) is 24.8 Å². The van der Waals surface area contributed by atoms with E-state index < -0.39 is 11.3 Å². The highest BCUT2D eigenvalue weighted by Crippen LogP contribution is 2.55. The molecule has 1 aliphatic carbocycles. The summed E-state index contributed by atoms with van der Waals surface area (Å²) in [6.07, 6.45) is -0.695. The Kier molecular flexibility index (Phi) is 5.01. The third-order valence-corrected chi connectivity index (χ3v) is 4.47. The first-order valence-corrected chi connectivity index (χ1v) is 7.87. The van der Waals surface area contributed by atoms with Gasteiger partial charge < -0.3 is 5.32 Å². The van der Waals surface area contributed by atoms with Crippen molar-refractivity contribution in [3.8, 4) is 0 Å². The number of carbonyl (C=O) groups is 1. The summed E-state index contributed by atoms with van der Waals surface area (Å²) in [6.45, 7) is 0. The Balaban J connectivity index is 2.11. The molecule has 0 aliphatic heterocycles. The predicted octanol–water partition coefficient (Wildman–Crippen LogP) is 2.63. The van der Waals surface area contributed by atoms with E-state index in [1.807, 2.05) is 6.07 Å². The Labute approximate surface area is 141 Å². The molecule has 0 radical (unpaired) electrons. The van der Waals surface area contributed by atoms with Crippen LogP contribution >= 0.6 is 28.1 Å². The highest BCUT2D eigenvalue weighted by atomic mass is 79.9. The zero-order chi connectivity index (χ0) is 16.4. The van der Waals surface area contributed by atoms with Gasteiger partial charge in [-0.15, -0.1) is 0 Å². The van der Waals surface area contributed by atoms with Crippen LogP contribution in [-0.2, 0) is 10.2 Å². The number of alkyl halides is 2.